The highest BCUT2D eigenvalue weighted by molar-refractivity contribution is 4.94. The van der Waals surface area contributed by atoms with E-state index in [0.717, 1.165) is 31.6 Å². The maximum Gasteiger partial charge on any atom is 0.0669 e. The molecule has 3 nitrogen and oxygen atoms in total. The van der Waals surface area contributed by atoms with Crippen LogP contribution in [-0.2, 0) is 0 Å². The molecule has 0 aromatic rings. The first-order valence-corrected chi connectivity index (χ1v) is 8.24. The maximum absolute atomic E-state index is 9.01. The second kappa shape index (κ2) is 6.24. The SMILES string of the molecule is N#CC1CCN(C2CCN(C3CCCCC3)CC2)C1. The summed E-state index contributed by atoms with van der Waals surface area (Å²) in [6, 6.07) is 4.09. The van der Waals surface area contributed by atoms with Crippen LogP contribution >= 0.6 is 0 Å². The molecule has 1 aliphatic carbocycles. The van der Waals surface area contributed by atoms with Crippen molar-refractivity contribution in [3.63, 3.8) is 0 Å². The molecule has 0 bridgehead atoms. The molecule has 3 heteroatoms. The van der Waals surface area contributed by atoms with Crippen LogP contribution in [0.25, 0.3) is 0 Å². The van der Waals surface area contributed by atoms with E-state index in [2.05, 4.69) is 15.9 Å². The molecular weight excluding hydrogens is 234 g/mol. The molecule has 2 saturated heterocycles. The van der Waals surface area contributed by atoms with Gasteiger partial charge >= 0.3 is 0 Å². The van der Waals surface area contributed by atoms with E-state index in [1.165, 1.54) is 58.0 Å². The number of hydrogen-bond donors (Lipinski definition) is 0. The van der Waals surface area contributed by atoms with Gasteiger partial charge in [0.15, 0.2) is 0 Å². The van der Waals surface area contributed by atoms with E-state index in [0.29, 0.717) is 5.92 Å². The Labute approximate surface area is 117 Å². The van der Waals surface area contributed by atoms with Gasteiger partial charge in [-0.25, -0.2) is 0 Å². The minimum absolute atomic E-state index is 0.302. The Morgan fingerprint density at radius 3 is 2.00 bits per heavy atom. The Hall–Kier alpha value is -0.590. The monoisotopic (exact) mass is 261 g/mol. The zero-order chi connectivity index (χ0) is 13.1. The minimum atomic E-state index is 0.302. The Balaban J connectivity index is 1.45. The van der Waals surface area contributed by atoms with E-state index in [4.69, 9.17) is 5.26 Å². The quantitative estimate of drug-likeness (QED) is 0.765. The summed E-state index contributed by atoms with van der Waals surface area (Å²) < 4.78 is 0. The molecular formula is C16H27N3. The molecule has 0 aromatic heterocycles. The minimum Gasteiger partial charge on any atom is -0.300 e. The normalized spacial score (nSPS) is 32.5. The van der Waals surface area contributed by atoms with Gasteiger partial charge in [0, 0.05) is 18.6 Å². The number of likely N-dealkylation sites (tertiary alicyclic amines) is 2. The standard InChI is InChI=1S/C16H27N3/c17-12-14-6-9-19(13-14)16-7-10-18(11-8-16)15-4-2-1-3-5-15/h14-16H,1-11,13H2. The molecule has 0 amide bonds. The summed E-state index contributed by atoms with van der Waals surface area (Å²) in [5, 5.41) is 9.01. The van der Waals surface area contributed by atoms with Crippen LogP contribution in [0.2, 0.25) is 0 Å². The van der Waals surface area contributed by atoms with Gasteiger partial charge in [0.25, 0.3) is 0 Å². The average Bonchev–Trinajstić information content (AvgIpc) is 2.97. The summed E-state index contributed by atoms with van der Waals surface area (Å²) in [7, 11) is 0. The van der Waals surface area contributed by atoms with Gasteiger partial charge in [0.1, 0.15) is 0 Å². The van der Waals surface area contributed by atoms with Crippen LogP contribution in [0.15, 0.2) is 0 Å². The molecule has 1 saturated carbocycles. The molecule has 0 aromatic carbocycles. The molecule has 0 radical (unpaired) electrons. The lowest BCUT2D eigenvalue weighted by atomic mass is 9.92. The average molecular weight is 261 g/mol. The summed E-state index contributed by atoms with van der Waals surface area (Å²) >= 11 is 0. The van der Waals surface area contributed by atoms with Gasteiger partial charge in [-0.2, -0.15) is 5.26 Å². The number of rotatable bonds is 2. The van der Waals surface area contributed by atoms with E-state index in [1.54, 1.807) is 0 Å². The Morgan fingerprint density at radius 2 is 1.37 bits per heavy atom. The second-order valence-electron chi connectivity index (χ2n) is 6.67. The van der Waals surface area contributed by atoms with Crippen LogP contribution in [0, 0.1) is 17.2 Å². The van der Waals surface area contributed by atoms with Crippen molar-refractivity contribution in [1.82, 2.24) is 9.80 Å². The number of nitriles is 1. The van der Waals surface area contributed by atoms with E-state index in [1.807, 2.05) is 0 Å². The Bertz CT molecular complexity index is 321. The van der Waals surface area contributed by atoms with E-state index in [-0.39, 0.29) is 0 Å². The number of hydrogen-bond acceptors (Lipinski definition) is 3. The topological polar surface area (TPSA) is 30.3 Å². The fourth-order valence-electron chi connectivity index (χ4n) is 4.29. The smallest absolute Gasteiger partial charge is 0.0669 e. The lowest BCUT2D eigenvalue weighted by molar-refractivity contribution is 0.0797. The molecule has 2 aliphatic heterocycles. The first-order valence-electron chi connectivity index (χ1n) is 8.24. The van der Waals surface area contributed by atoms with Gasteiger partial charge in [0.05, 0.1) is 12.0 Å². The molecule has 106 valence electrons. The first kappa shape index (κ1) is 13.4. The molecule has 0 N–H and O–H groups in total. The number of piperidine rings is 1. The Morgan fingerprint density at radius 1 is 0.737 bits per heavy atom. The summed E-state index contributed by atoms with van der Waals surface area (Å²) in [6.07, 6.45) is 11.0. The molecule has 1 unspecified atom stereocenters. The predicted molar refractivity (Wildman–Crippen MR) is 76.8 cm³/mol. The van der Waals surface area contributed by atoms with Crippen molar-refractivity contribution in [3.8, 4) is 6.07 Å². The highest BCUT2D eigenvalue weighted by Crippen LogP contribution is 2.28. The molecule has 19 heavy (non-hydrogen) atoms. The van der Waals surface area contributed by atoms with Crippen molar-refractivity contribution >= 4 is 0 Å². The molecule has 2 heterocycles. The van der Waals surface area contributed by atoms with Crippen molar-refractivity contribution in [2.75, 3.05) is 26.2 Å². The molecule has 3 fully saturated rings. The van der Waals surface area contributed by atoms with Crippen LogP contribution in [0.4, 0.5) is 0 Å². The summed E-state index contributed by atoms with van der Waals surface area (Å²) in [5.41, 5.74) is 0. The van der Waals surface area contributed by atoms with Gasteiger partial charge < -0.3 is 4.90 Å². The predicted octanol–water partition coefficient (Wildman–Crippen LogP) is 2.63. The summed E-state index contributed by atoms with van der Waals surface area (Å²) in [4.78, 5) is 5.35. The van der Waals surface area contributed by atoms with Crippen molar-refractivity contribution < 1.29 is 0 Å². The Kier molecular flexibility index (Phi) is 4.40. The zero-order valence-corrected chi connectivity index (χ0v) is 12.1. The highest BCUT2D eigenvalue weighted by atomic mass is 15.2. The van der Waals surface area contributed by atoms with Gasteiger partial charge in [-0.05, 0) is 51.7 Å². The molecule has 0 spiro atoms. The van der Waals surface area contributed by atoms with Crippen LogP contribution in [0.5, 0.6) is 0 Å². The van der Waals surface area contributed by atoms with Crippen LogP contribution in [0.3, 0.4) is 0 Å². The van der Waals surface area contributed by atoms with Crippen LogP contribution < -0.4 is 0 Å². The molecule has 1 atom stereocenters. The first-order chi connectivity index (χ1) is 9.36. The van der Waals surface area contributed by atoms with Crippen molar-refractivity contribution in [2.45, 2.75) is 63.5 Å². The maximum atomic E-state index is 9.01. The number of nitrogens with zero attached hydrogens (tertiary/aromatic N) is 3. The third-order valence-corrected chi connectivity index (χ3v) is 5.51. The van der Waals surface area contributed by atoms with Crippen LogP contribution in [-0.4, -0.2) is 48.1 Å². The van der Waals surface area contributed by atoms with Crippen molar-refractivity contribution in [2.24, 2.45) is 5.92 Å². The fourth-order valence-corrected chi connectivity index (χ4v) is 4.29. The van der Waals surface area contributed by atoms with Crippen LogP contribution in [0.1, 0.15) is 51.4 Å². The van der Waals surface area contributed by atoms with Crippen molar-refractivity contribution in [1.29, 1.82) is 5.26 Å². The zero-order valence-electron chi connectivity index (χ0n) is 12.1. The van der Waals surface area contributed by atoms with Gasteiger partial charge in [-0.3, -0.25) is 4.90 Å². The van der Waals surface area contributed by atoms with Gasteiger partial charge in [-0.1, -0.05) is 19.3 Å². The molecule has 3 aliphatic rings. The largest absolute Gasteiger partial charge is 0.300 e. The van der Waals surface area contributed by atoms with E-state index in [9.17, 15) is 0 Å². The third kappa shape index (κ3) is 3.12. The summed E-state index contributed by atoms with van der Waals surface area (Å²) in [6.45, 7) is 4.78. The highest BCUT2D eigenvalue weighted by Gasteiger charge is 2.32. The van der Waals surface area contributed by atoms with Gasteiger partial charge in [-0.15, -0.1) is 0 Å². The van der Waals surface area contributed by atoms with E-state index < -0.39 is 0 Å². The van der Waals surface area contributed by atoms with Crippen molar-refractivity contribution in [3.05, 3.63) is 0 Å². The lowest BCUT2D eigenvalue weighted by Crippen LogP contribution is -2.48. The fraction of sp³-hybridized carbons (Fsp3) is 0.938. The third-order valence-electron chi connectivity index (χ3n) is 5.51. The lowest BCUT2D eigenvalue weighted by Gasteiger charge is -2.41. The second-order valence-corrected chi connectivity index (χ2v) is 6.67. The van der Waals surface area contributed by atoms with E-state index >= 15 is 0 Å². The summed E-state index contributed by atoms with van der Waals surface area (Å²) in [5.74, 6) is 0.302. The molecule has 3 rings (SSSR count). The van der Waals surface area contributed by atoms with Gasteiger partial charge in [0.2, 0.25) is 0 Å².